The van der Waals surface area contributed by atoms with E-state index in [-0.39, 0.29) is 12.6 Å². The molecule has 114 valence electrons. The Morgan fingerprint density at radius 3 is 2.95 bits per heavy atom. The summed E-state index contributed by atoms with van der Waals surface area (Å²) >= 11 is 0. The highest BCUT2D eigenvalue weighted by molar-refractivity contribution is 5.94. The summed E-state index contributed by atoms with van der Waals surface area (Å²) in [6.45, 7) is 0.953. The summed E-state index contributed by atoms with van der Waals surface area (Å²) in [6, 6.07) is 6.90. The van der Waals surface area contributed by atoms with Gasteiger partial charge in [-0.3, -0.25) is 4.90 Å². The maximum atomic E-state index is 12.3. The van der Waals surface area contributed by atoms with Crippen LogP contribution in [-0.4, -0.2) is 50.0 Å². The zero-order valence-electron chi connectivity index (χ0n) is 11.7. The van der Waals surface area contributed by atoms with Crippen LogP contribution in [0.2, 0.25) is 0 Å². The van der Waals surface area contributed by atoms with E-state index < -0.39 is 12.1 Å². The van der Waals surface area contributed by atoms with Crippen molar-refractivity contribution in [1.82, 2.24) is 5.32 Å². The number of hydrogen-bond acceptors (Lipinski definition) is 4. The van der Waals surface area contributed by atoms with Gasteiger partial charge in [0.2, 0.25) is 0 Å². The van der Waals surface area contributed by atoms with Gasteiger partial charge in [0.05, 0.1) is 18.8 Å². The minimum atomic E-state index is -1.11. The van der Waals surface area contributed by atoms with E-state index in [0.29, 0.717) is 31.0 Å². The third kappa shape index (κ3) is 3.63. The van der Waals surface area contributed by atoms with Gasteiger partial charge in [0, 0.05) is 13.7 Å². The fourth-order valence-electron chi connectivity index (χ4n) is 2.09. The predicted molar refractivity (Wildman–Crippen MR) is 75.7 cm³/mol. The molecule has 1 unspecified atom stereocenters. The van der Waals surface area contributed by atoms with Gasteiger partial charge < -0.3 is 19.9 Å². The Bertz CT molecular complexity index is 520. The quantitative estimate of drug-likeness (QED) is 0.867. The zero-order chi connectivity index (χ0) is 15.2. The van der Waals surface area contributed by atoms with Crippen LogP contribution >= 0.6 is 0 Å². The number of para-hydroxylation sites is 2. The van der Waals surface area contributed by atoms with E-state index in [1.54, 1.807) is 17.0 Å². The molecule has 0 saturated heterocycles. The molecule has 1 aliphatic rings. The number of fused-ring (bicyclic) bond motifs is 1. The fraction of sp³-hybridized carbons (Fsp3) is 0.429. The number of carbonyl (C=O) groups is 2. The molecule has 21 heavy (non-hydrogen) atoms. The summed E-state index contributed by atoms with van der Waals surface area (Å²) in [5.74, 6) is -0.468. The minimum Gasteiger partial charge on any atom is -0.491 e. The van der Waals surface area contributed by atoms with Crippen molar-refractivity contribution in [3.63, 3.8) is 0 Å². The summed E-state index contributed by atoms with van der Waals surface area (Å²) in [6.07, 6.45) is -0.359. The lowest BCUT2D eigenvalue weighted by atomic mass is 10.2. The molecule has 0 saturated carbocycles. The Morgan fingerprint density at radius 1 is 1.48 bits per heavy atom. The molecular weight excluding hydrogens is 276 g/mol. The fourth-order valence-corrected chi connectivity index (χ4v) is 2.09. The highest BCUT2D eigenvalue weighted by Gasteiger charge is 2.24. The molecular formula is C14H18N2O5. The van der Waals surface area contributed by atoms with Gasteiger partial charge in [-0.25, -0.2) is 9.59 Å². The number of carboxylic acid groups (broad SMARTS) is 1. The molecule has 7 nitrogen and oxygen atoms in total. The van der Waals surface area contributed by atoms with Crippen molar-refractivity contribution in [2.24, 2.45) is 0 Å². The number of anilines is 1. The Labute approximate surface area is 122 Å². The van der Waals surface area contributed by atoms with E-state index in [0.717, 1.165) is 0 Å². The van der Waals surface area contributed by atoms with Gasteiger partial charge in [-0.15, -0.1) is 0 Å². The van der Waals surface area contributed by atoms with E-state index in [1.807, 2.05) is 12.1 Å². The van der Waals surface area contributed by atoms with Crippen molar-refractivity contribution in [3.8, 4) is 5.75 Å². The smallest absolute Gasteiger partial charge is 0.334 e. The number of benzene rings is 1. The molecule has 0 aromatic heterocycles. The number of carboxylic acids is 1. The van der Waals surface area contributed by atoms with Gasteiger partial charge in [0.1, 0.15) is 5.75 Å². The molecule has 0 bridgehead atoms. The predicted octanol–water partition coefficient (Wildman–Crippen LogP) is 1.08. The van der Waals surface area contributed by atoms with Crippen molar-refractivity contribution in [3.05, 3.63) is 24.3 Å². The molecule has 1 aromatic rings. The highest BCUT2D eigenvalue weighted by atomic mass is 16.5. The third-order valence-corrected chi connectivity index (χ3v) is 3.18. The molecule has 2 rings (SSSR count). The van der Waals surface area contributed by atoms with Crippen LogP contribution in [0.1, 0.15) is 6.42 Å². The monoisotopic (exact) mass is 294 g/mol. The Balaban J connectivity index is 2.07. The van der Waals surface area contributed by atoms with Gasteiger partial charge in [-0.1, -0.05) is 12.1 Å². The molecule has 1 heterocycles. The first kappa shape index (κ1) is 15.1. The van der Waals surface area contributed by atoms with E-state index >= 15 is 0 Å². The number of hydrogen-bond donors (Lipinski definition) is 2. The van der Waals surface area contributed by atoms with Crippen LogP contribution in [0.15, 0.2) is 24.3 Å². The summed E-state index contributed by atoms with van der Waals surface area (Å²) < 4.78 is 10.4. The molecule has 0 aliphatic carbocycles. The average Bonchev–Trinajstić information content (AvgIpc) is 2.69. The molecule has 1 atom stereocenters. The van der Waals surface area contributed by atoms with E-state index in [4.69, 9.17) is 14.6 Å². The van der Waals surface area contributed by atoms with Gasteiger partial charge in [-0.2, -0.15) is 0 Å². The van der Waals surface area contributed by atoms with Crippen LogP contribution < -0.4 is 15.0 Å². The molecule has 7 heteroatoms. The van der Waals surface area contributed by atoms with E-state index in [9.17, 15) is 9.59 Å². The van der Waals surface area contributed by atoms with Crippen molar-refractivity contribution in [1.29, 1.82) is 0 Å². The molecule has 0 fully saturated rings. The lowest BCUT2D eigenvalue weighted by molar-refractivity contribution is -0.147. The second-order valence-corrected chi connectivity index (χ2v) is 4.57. The number of rotatable bonds is 4. The number of amides is 2. The summed E-state index contributed by atoms with van der Waals surface area (Å²) in [7, 11) is 1.29. The van der Waals surface area contributed by atoms with Crippen molar-refractivity contribution >= 4 is 17.7 Å². The average molecular weight is 294 g/mol. The van der Waals surface area contributed by atoms with Crippen LogP contribution in [0.25, 0.3) is 0 Å². The van der Waals surface area contributed by atoms with Crippen LogP contribution in [0.4, 0.5) is 10.5 Å². The standard InChI is InChI=1S/C14H18N2O5/c1-20-12(13(17)18)9-15-14(19)16-7-4-8-21-11-6-3-2-5-10(11)16/h2-3,5-6,12H,4,7-9H2,1H3,(H,15,19)(H,17,18). The van der Waals surface area contributed by atoms with E-state index in [2.05, 4.69) is 5.32 Å². The Kier molecular flexibility index (Phi) is 4.99. The lowest BCUT2D eigenvalue weighted by Crippen LogP contribution is -2.45. The summed E-state index contributed by atoms with van der Waals surface area (Å²) in [4.78, 5) is 24.7. The van der Waals surface area contributed by atoms with Crippen LogP contribution in [-0.2, 0) is 9.53 Å². The second-order valence-electron chi connectivity index (χ2n) is 4.57. The van der Waals surface area contributed by atoms with Gasteiger partial charge in [0.15, 0.2) is 6.10 Å². The molecule has 1 aromatic carbocycles. The van der Waals surface area contributed by atoms with Crippen LogP contribution in [0, 0.1) is 0 Å². The van der Waals surface area contributed by atoms with Crippen molar-refractivity contribution in [2.75, 3.05) is 31.7 Å². The normalized spacial score (nSPS) is 15.4. The lowest BCUT2D eigenvalue weighted by Gasteiger charge is -2.23. The number of methoxy groups -OCH3 is 1. The molecule has 2 amide bonds. The molecule has 0 spiro atoms. The topological polar surface area (TPSA) is 88.1 Å². The maximum absolute atomic E-state index is 12.3. The third-order valence-electron chi connectivity index (χ3n) is 3.18. The summed E-state index contributed by atoms with van der Waals surface area (Å²) in [5, 5.41) is 11.5. The number of aliphatic carboxylic acids is 1. The number of nitrogens with one attached hydrogen (secondary N) is 1. The molecule has 2 N–H and O–H groups in total. The Hall–Kier alpha value is -2.28. The number of nitrogens with zero attached hydrogens (tertiary/aromatic N) is 1. The van der Waals surface area contributed by atoms with E-state index in [1.165, 1.54) is 7.11 Å². The number of urea groups is 1. The maximum Gasteiger partial charge on any atom is 0.334 e. The minimum absolute atomic E-state index is 0.0931. The van der Waals surface area contributed by atoms with Gasteiger partial charge in [-0.05, 0) is 18.6 Å². The largest absolute Gasteiger partial charge is 0.491 e. The first-order valence-corrected chi connectivity index (χ1v) is 6.66. The van der Waals surface area contributed by atoms with Crippen molar-refractivity contribution < 1.29 is 24.2 Å². The van der Waals surface area contributed by atoms with Crippen LogP contribution in [0.3, 0.4) is 0 Å². The number of carbonyl (C=O) groups excluding carboxylic acids is 1. The molecule has 1 aliphatic heterocycles. The van der Waals surface area contributed by atoms with Gasteiger partial charge in [0.25, 0.3) is 0 Å². The first-order chi connectivity index (χ1) is 10.1. The van der Waals surface area contributed by atoms with Crippen molar-refractivity contribution in [2.45, 2.75) is 12.5 Å². The molecule has 0 radical (unpaired) electrons. The van der Waals surface area contributed by atoms with Crippen LogP contribution in [0.5, 0.6) is 5.75 Å². The first-order valence-electron chi connectivity index (χ1n) is 6.66. The Morgan fingerprint density at radius 2 is 2.24 bits per heavy atom. The van der Waals surface area contributed by atoms with Gasteiger partial charge >= 0.3 is 12.0 Å². The SMILES string of the molecule is COC(CNC(=O)N1CCCOc2ccccc21)C(=O)O. The highest BCUT2D eigenvalue weighted by Crippen LogP contribution is 2.30. The zero-order valence-corrected chi connectivity index (χ0v) is 11.7. The number of ether oxygens (including phenoxy) is 2. The second kappa shape index (κ2) is 6.94. The summed E-state index contributed by atoms with van der Waals surface area (Å²) in [5.41, 5.74) is 0.678.